The summed E-state index contributed by atoms with van der Waals surface area (Å²) in [5, 5.41) is 13.3. The number of thioether (sulfide) groups is 1. The van der Waals surface area contributed by atoms with Gasteiger partial charge in [-0.05, 0) is 43.0 Å². The van der Waals surface area contributed by atoms with Crippen molar-refractivity contribution in [2.24, 2.45) is 0 Å². The van der Waals surface area contributed by atoms with Crippen LogP contribution in [0.25, 0.3) is 0 Å². The number of ether oxygens (including phenoxy) is 2. The number of carbonyl (C=O) groups is 2. The summed E-state index contributed by atoms with van der Waals surface area (Å²) in [6.45, 7) is 1.13. The molecule has 0 radical (unpaired) electrons. The summed E-state index contributed by atoms with van der Waals surface area (Å²) in [6, 6.07) is 9.10. The Bertz CT molecular complexity index is 884. The van der Waals surface area contributed by atoms with Gasteiger partial charge in [0.25, 0.3) is 11.6 Å². The largest absolute Gasteiger partial charge is 0.496 e. The van der Waals surface area contributed by atoms with E-state index in [1.165, 1.54) is 37.1 Å². The van der Waals surface area contributed by atoms with Gasteiger partial charge in [-0.2, -0.15) is 0 Å². The van der Waals surface area contributed by atoms with Crippen LogP contribution in [0.5, 0.6) is 5.75 Å². The molecule has 0 fully saturated rings. The Morgan fingerprint density at radius 1 is 1.22 bits per heavy atom. The highest BCUT2D eigenvalue weighted by Crippen LogP contribution is 2.26. The molecule has 27 heavy (non-hydrogen) atoms. The Labute approximate surface area is 160 Å². The molecule has 0 saturated carbocycles. The van der Waals surface area contributed by atoms with Crippen molar-refractivity contribution in [1.82, 2.24) is 0 Å². The molecule has 0 saturated heterocycles. The number of amides is 1. The van der Waals surface area contributed by atoms with Crippen molar-refractivity contribution in [3.05, 3.63) is 57.6 Å². The summed E-state index contributed by atoms with van der Waals surface area (Å²) >= 11 is 1.50. The molecular formula is C18H18N2O6S. The minimum atomic E-state index is -0.685. The van der Waals surface area contributed by atoms with E-state index in [2.05, 4.69) is 5.32 Å². The van der Waals surface area contributed by atoms with Crippen molar-refractivity contribution >= 4 is 35.0 Å². The molecule has 2 rings (SSSR count). The fraction of sp³-hybridized carbons (Fsp3) is 0.222. The van der Waals surface area contributed by atoms with Crippen molar-refractivity contribution in [1.29, 1.82) is 0 Å². The standard InChI is InChI=1S/C18H18N2O6S/c1-11-8-12(20(23)24)4-7-15(11)19-17(21)10-26-18(22)14-6-5-13(27-3)9-16(14)25-2/h4-9H,10H2,1-3H3,(H,19,21). The third-order valence-corrected chi connectivity index (χ3v) is 4.38. The van der Waals surface area contributed by atoms with E-state index in [1.54, 1.807) is 25.1 Å². The molecule has 0 aliphatic carbocycles. The van der Waals surface area contributed by atoms with E-state index >= 15 is 0 Å². The van der Waals surface area contributed by atoms with Crippen molar-refractivity contribution in [2.75, 3.05) is 25.3 Å². The molecule has 9 heteroatoms. The molecule has 2 aromatic carbocycles. The number of nitrogens with one attached hydrogen (secondary N) is 1. The first-order chi connectivity index (χ1) is 12.8. The number of hydrogen-bond donors (Lipinski definition) is 1. The zero-order valence-corrected chi connectivity index (χ0v) is 15.8. The number of non-ortho nitro benzene ring substituents is 1. The van der Waals surface area contributed by atoms with E-state index in [9.17, 15) is 19.7 Å². The van der Waals surface area contributed by atoms with Crippen LogP contribution in [0.3, 0.4) is 0 Å². The van der Waals surface area contributed by atoms with Crippen LogP contribution in [0, 0.1) is 17.0 Å². The van der Waals surface area contributed by atoms with Gasteiger partial charge in [0, 0.05) is 22.7 Å². The minimum Gasteiger partial charge on any atom is -0.496 e. The SMILES string of the molecule is COc1cc(SC)ccc1C(=O)OCC(=O)Nc1ccc([N+](=O)[O-])cc1C. The Morgan fingerprint density at radius 2 is 1.96 bits per heavy atom. The molecule has 1 amide bonds. The van der Waals surface area contributed by atoms with Crippen LogP contribution in [0.15, 0.2) is 41.3 Å². The smallest absolute Gasteiger partial charge is 0.342 e. The third-order valence-electron chi connectivity index (χ3n) is 3.66. The second-order valence-corrected chi connectivity index (χ2v) is 6.33. The predicted molar refractivity (Wildman–Crippen MR) is 102 cm³/mol. The highest BCUT2D eigenvalue weighted by atomic mass is 32.2. The maximum atomic E-state index is 12.2. The highest BCUT2D eigenvalue weighted by molar-refractivity contribution is 7.98. The number of anilines is 1. The van der Waals surface area contributed by atoms with Gasteiger partial charge in [0.15, 0.2) is 6.61 Å². The van der Waals surface area contributed by atoms with Crippen LogP contribution >= 0.6 is 11.8 Å². The number of benzene rings is 2. The first-order valence-electron chi connectivity index (χ1n) is 7.79. The zero-order chi connectivity index (χ0) is 20.0. The van der Waals surface area contributed by atoms with Gasteiger partial charge in [0.05, 0.1) is 12.0 Å². The quantitative estimate of drug-likeness (QED) is 0.334. The van der Waals surface area contributed by atoms with Crippen molar-refractivity contribution in [2.45, 2.75) is 11.8 Å². The summed E-state index contributed by atoms with van der Waals surface area (Å²) < 4.78 is 10.2. The predicted octanol–water partition coefficient (Wildman–Crippen LogP) is 3.43. The van der Waals surface area contributed by atoms with Gasteiger partial charge in [-0.15, -0.1) is 11.8 Å². The van der Waals surface area contributed by atoms with Gasteiger partial charge in [-0.25, -0.2) is 4.79 Å². The monoisotopic (exact) mass is 390 g/mol. The fourth-order valence-electron chi connectivity index (χ4n) is 2.26. The molecule has 142 valence electrons. The number of esters is 1. The number of nitro groups is 1. The van der Waals surface area contributed by atoms with Crippen LogP contribution in [-0.2, 0) is 9.53 Å². The second-order valence-electron chi connectivity index (χ2n) is 5.45. The fourth-order valence-corrected chi connectivity index (χ4v) is 2.69. The summed E-state index contributed by atoms with van der Waals surface area (Å²) in [7, 11) is 1.44. The zero-order valence-electron chi connectivity index (χ0n) is 15.0. The lowest BCUT2D eigenvalue weighted by molar-refractivity contribution is -0.384. The lowest BCUT2D eigenvalue weighted by Gasteiger charge is -2.11. The summed E-state index contributed by atoms with van der Waals surface area (Å²) in [5.41, 5.74) is 1.08. The molecular weight excluding hydrogens is 372 g/mol. The molecule has 0 aromatic heterocycles. The van der Waals surface area contributed by atoms with Crippen molar-refractivity contribution in [3.63, 3.8) is 0 Å². The number of aryl methyl sites for hydroxylation is 1. The maximum absolute atomic E-state index is 12.2. The van der Waals surface area contributed by atoms with Gasteiger partial charge >= 0.3 is 5.97 Å². The van der Waals surface area contributed by atoms with Gasteiger partial charge < -0.3 is 14.8 Å². The number of hydrogen-bond acceptors (Lipinski definition) is 7. The Kier molecular flexibility index (Phi) is 6.78. The van der Waals surface area contributed by atoms with Gasteiger partial charge in [0.1, 0.15) is 11.3 Å². The Hall–Kier alpha value is -3.07. The second kappa shape index (κ2) is 9.04. The molecule has 2 aromatic rings. The summed E-state index contributed by atoms with van der Waals surface area (Å²) in [4.78, 5) is 35.4. The van der Waals surface area contributed by atoms with E-state index in [0.717, 1.165) is 4.90 Å². The number of carbonyl (C=O) groups excluding carboxylic acids is 2. The minimum absolute atomic E-state index is 0.0716. The van der Waals surface area contributed by atoms with Gasteiger partial charge in [-0.1, -0.05) is 0 Å². The normalized spacial score (nSPS) is 10.2. The number of methoxy groups -OCH3 is 1. The molecule has 0 heterocycles. The maximum Gasteiger partial charge on any atom is 0.342 e. The summed E-state index contributed by atoms with van der Waals surface area (Å²) in [6.07, 6.45) is 1.90. The van der Waals surface area contributed by atoms with E-state index < -0.39 is 23.4 Å². The van der Waals surface area contributed by atoms with Gasteiger partial charge in [-0.3, -0.25) is 14.9 Å². The van der Waals surface area contributed by atoms with Crippen LogP contribution in [0.1, 0.15) is 15.9 Å². The van der Waals surface area contributed by atoms with Gasteiger partial charge in [0.2, 0.25) is 0 Å². The number of rotatable bonds is 7. The van der Waals surface area contributed by atoms with Crippen LogP contribution in [0.4, 0.5) is 11.4 Å². The molecule has 8 nitrogen and oxygen atoms in total. The Morgan fingerprint density at radius 3 is 2.56 bits per heavy atom. The molecule has 0 spiro atoms. The average molecular weight is 390 g/mol. The highest BCUT2D eigenvalue weighted by Gasteiger charge is 2.17. The van der Waals surface area contributed by atoms with E-state index in [-0.39, 0.29) is 11.3 Å². The van der Waals surface area contributed by atoms with Crippen LogP contribution < -0.4 is 10.1 Å². The summed E-state index contributed by atoms with van der Waals surface area (Å²) in [5.74, 6) is -0.881. The first-order valence-corrected chi connectivity index (χ1v) is 9.02. The Balaban J connectivity index is 1.99. The molecule has 1 N–H and O–H groups in total. The number of nitro benzene ring substituents is 1. The number of nitrogens with zero attached hydrogens (tertiary/aromatic N) is 1. The molecule has 0 bridgehead atoms. The van der Waals surface area contributed by atoms with E-state index in [4.69, 9.17) is 9.47 Å². The first kappa shape index (κ1) is 20.2. The molecule has 0 aliphatic rings. The van der Waals surface area contributed by atoms with Crippen LogP contribution in [-0.4, -0.2) is 36.8 Å². The van der Waals surface area contributed by atoms with Crippen molar-refractivity contribution < 1.29 is 24.0 Å². The van der Waals surface area contributed by atoms with Crippen molar-refractivity contribution in [3.8, 4) is 5.75 Å². The topological polar surface area (TPSA) is 108 Å². The van der Waals surface area contributed by atoms with E-state index in [1.807, 2.05) is 6.26 Å². The lowest BCUT2D eigenvalue weighted by atomic mass is 10.2. The van der Waals surface area contributed by atoms with E-state index in [0.29, 0.717) is 17.0 Å². The molecule has 0 atom stereocenters. The van der Waals surface area contributed by atoms with Crippen LogP contribution in [0.2, 0.25) is 0 Å². The lowest BCUT2D eigenvalue weighted by Crippen LogP contribution is -2.21. The molecule has 0 aliphatic heterocycles. The third kappa shape index (κ3) is 5.20. The average Bonchev–Trinajstić information content (AvgIpc) is 2.66. The molecule has 0 unspecified atom stereocenters.